The molecule has 0 bridgehead atoms. The second kappa shape index (κ2) is 8.98. The van der Waals surface area contributed by atoms with E-state index in [4.69, 9.17) is 0 Å². The minimum Gasteiger partial charge on any atom is -0.357 e. The molecule has 0 unspecified atom stereocenters. The standard InChI is InChI=1S/C16H24FN3O2S.HI/c1-3-18-15(19-10-11-23(2,21)22)20-12-16(8-9-16)13-6-4-5-7-14(13)17;/h4-7H,3,8-12H2,1-2H3,(H2,18,19,20);1H. The molecule has 0 aliphatic heterocycles. The Bertz CT molecular complexity index is 676. The van der Waals surface area contributed by atoms with Crippen LogP contribution in [-0.2, 0) is 15.3 Å². The summed E-state index contributed by atoms with van der Waals surface area (Å²) in [5, 5.41) is 6.10. The van der Waals surface area contributed by atoms with Crippen molar-refractivity contribution in [1.82, 2.24) is 10.6 Å². The predicted octanol–water partition coefficient (Wildman–Crippen LogP) is 2.08. The van der Waals surface area contributed by atoms with E-state index in [2.05, 4.69) is 15.6 Å². The lowest BCUT2D eigenvalue weighted by Gasteiger charge is -2.16. The lowest BCUT2D eigenvalue weighted by molar-refractivity contribution is 0.572. The number of hydrogen-bond donors (Lipinski definition) is 2. The first-order valence-electron chi connectivity index (χ1n) is 7.81. The van der Waals surface area contributed by atoms with Gasteiger partial charge in [-0.25, -0.2) is 12.8 Å². The van der Waals surface area contributed by atoms with Gasteiger partial charge >= 0.3 is 0 Å². The highest BCUT2D eigenvalue weighted by Gasteiger charge is 2.45. The van der Waals surface area contributed by atoms with E-state index < -0.39 is 9.84 Å². The molecule has 0 aromatic heterocycles. The van der Waals surface area contributed by atoms with Crippen LogP contribution in [0.2, 0.25) is 0 Å². The van der Waals surface area contributed by atoms with Gasteiger partial charge in [0.1, 0.15) is 15.7 Å². The number of hydrogen-bond acceptors (Lipinski definition) is 3. The number of guanidine groups is 1. The molecular formula is C16H25FIN3O2S. The van der Waals surface area contributed by atoms with Gasteiger partial charge in [0.05, 0.1) is 12.3 Å². The zero-order chi connectivity index (χ0) is 16.9. The molecule has 1 fully saturated rings. The zero-order valence-electron chi connectivity index (χ0n) is 14.0. The summed E-state index contributed by atoms with van der Waals surface area (Å²) < 4.78 is 36.3. The van der Waals surface area contributed by atoms with Gasteiger partial charge in [-0.05, 0) is 31.4 Å². The molecule has 1 aromatic rings. The number of rotatable bonds is 7. The lowest BCUT2D eigenvalue weighted by Crippen LogP contribution is -2.40. The summed E-state index contributed by atoms with van der Waals surface area (Å²) in [5.41, 5.74) is 0.501. The largest absolute Gasteiger partial charge is 0.357 e. The Morgan fingerprint density at radius 2 is 1.96 bits per heavy atom. The van der Waals surface area contributed by atoms with E-state index in [1.807, 2.05) is 19.1 Å². The minimum atomic E-state index is -3.01. The Labute approximate surface area is 160 Å². The fourth-order valence-electron chi connectivity index (χ4n) is 2.48. The number of sulfone groups is 1. The van der Waals surface area contributed by atoms with Gasteiger partial charge in [0.25, 0.3) is 0 Å². The van der Waals surface area contributed by atoms with Crippen molar-refractivity contribution < 1.29 is 12.8 Å². The van der Waals surface area contributed by atoms with Crippen LogP contribution in [0.3, 0.4) is 0 Å². The highest BCUT2D eigenvalue weighted by molar-refractivity contribution is 14.0. The quantitative estimate of drug-likeness (QED) is 0.365. The molecule has 0 saturated heterocycles. The summed E-state index contributed by atoms with van der Waals surface area (Å²) >= 11 is 0. The highest BCUT2D eigenvalue weighted by atomic mass is 127. The Kier molecular flexibility index (Phi) is 7.91. The van der Waals surface area contributed by atoms with Crippen molar-refractivity contribution in [2.75, 3.05) is 31.6 Å². The smallest absolute Gasteiger partial charge is 0.191 e. The maximum absolute atomic E-state index is 14.0. The summed E-state index contributed by atoms with van der Waals surface area (Å²) in [6.45, 7) is 3.41. The Balaban J connectivity index is 0.00000288. The molecule has 8 heteroatoms. The molecule has 136 valence electrons. The van der Waals surface area contributed by atoms with Crippen molar-refractivity contribution >= 4 is 39.8 Å². The third kappa shape index (κ3) is 6.19. The van der Waals surface area contributed by atoms with Crippen molar-refractivity contribution in [1.29, 1.82) is 0 Å². The Morgan fingerprint density at radius 1 is 1.29 bits per heavy atom. The topological polar surface area (TPSA) is 70.6 Å². The molecule has 1 saturated carbocycles. The molecule has 24 heavy (non-hydrogen) atoms. The van der Waals surface area contributed by atoms with Crippen LogP contribution in [0.4, 0.5) is 4.39 Å². The molecule has 1 aromatic carbocycles. The normalized spacial score (nSPS) is 16.2. The van der Waals surface area contributed by atoms with Gasteiger partial charge in [-0.15, -0.1) is 24.0 Å². The summed E-state index contributed by atoms with van der Waals surface area (Å²) in [6, 6.07) is 6.84. The maximum Gasteiger partial charge on any atom is 0.191 e. The maximum atomic E-state index is 14.0. The van der Waals surface area contributed by atoms with Crippen LogP contribution < -0.4 is 10.6 Å². The molecule has 2 N–H and O–H groups in total. The monoisotopic (exact) mass is 469 g/mol. The van der Waals surface area contributed by atoms with Crippen LogP contribution in [-0.4, -0.2) is 46.0 Å². The van der Waals surface area contributed by atoms with Gasteiger partial charge in [0, 0.05) is 24.8 Å². The zero-order valence-corrected chi connectivity index (χ0v) is 17.2. The summed E-state index contributed by atoms with van der Waals surface area (Å²) in [5.74, 6) is 0.435. The summed E-state index contributed by atoms with van der Waals surface area (Å²) in [7, 11) is -3.01. The van der Waals surface area contributed by atoms with Crippen molar-refractivity contribution in [3.63, 3.8) is 0 Å². The number of aliphatic imine (C=N–C) groups is 1. The van der Waals surface area contributed by atoms with Gasteiger partial charge in [-0.2, -0.15) is 0 Å². The van der Waals surface area contributed by atoms with Crippen LogP contribution in [0.1, 0.15) is 25.3 Å². The van der Waals surface area contributed by atoms with E-state index in [1.54, 1.807) is 6.07 Å². The second-order valence-corrected chi connectivity index (χ2v) is 8.27. The van der Waals surface area contributed by atoms with Crippen LogP contribution in [0.15, 0.2) is 29.3 Å². The average Bonchev–Trinajstić information content (AvgIpc) is 3.25. The number of nitrogens with one attached hydrogen (secondary N) is 2. The van der Waals surface area contributed by atoms with E-state index in [1.165, 1.54) is 12.3 Å². The first-order valence-corrected chi connectivity index (χ1v) is 9.87. The predicted molar refractivity (Wildman–Crippen MR) is 106 cm³/mol. The molecule has 0 heterocycles. The Hall–Kier alpha value is -0.900. The third-order valence-electron chi connectivity index (χ3n) is 3.95. The number of benzene rings is 1. The van der Waals surface area contributed by atoms with Crippen LogP contribution in [0.5, 0.6) is 0 Å². The van der Waals surface area contributed by atoms with Gasteiger partial charge in [0.15, 0.2) is 5.96 Å². The van der Waals surface area contributed by atoms with E-state index in [0.29, 0.717) is 25.6 Å². The molecule has 0 atom stereocenters. The van der Waals surface area contributed by atoms with E-state index >= 15 is 0 Å². The molecular weight excluding hydrogens is 444 g/mol. The minimum absolute atomic E-state index is 0. The third-order valence-corrected chi connectivity index (χ3v) is 4.89. The highest BCUT2D eigenvalue weighted by Crippen LogP contribution is 2.49. The van der Waals surface area contributed by atoms with E-state index in [0.717, 1.165) is 18.4 Å². The van der Waals surface area contributed by atoms with Crippen LogP contribution in [0, 0.1) is 5.82 Å². The van der Waals surface area contributed by atoms with Gasteiger partial charge in [-0.3, -0.25) is 4.99 Å². The van der Waals surface area contributed by atoms with Crippen molar-refractivity contribution in [2.45, 2.75) is 25.2 Å². The molecule has 0 spiro atoms. The fourth-order valence-corrected chi connectivity index (χ4v) is 2.95. The molecule has 0 amide bonds. The molecule has 2 rings (SSSR count). The van der Waals surface area contributed by atoms with Gasteiger partial charge in [-0.1, -0.05) is 18.2 Å². The molecule has 1 aliphatic carbocycles. The van der Waals surface area contributed by atoms with Gasteiger partial charge < -0.3 is 10.6 Å². The van der Waals surface area contributed by atoms with E-state index in [9.17, 15) is 12.8 Å². The summed E-state index contributed by atoms with van der Waals surface area (Å²) in [6.07, 6.45) is 3.04. The molecule has 1 aliphatic rings. The number of nitrogens with zero attached hydrogens (tertiary/aromatic N) is 1. The van der Waals surface area contributed by atoms with Crippen molar-refractivity contribution in [3.8, 4) is 0 Å². The number of halogens is 2. The second-order valence-electron chi connectivity index (χ2n) is 6.01. The van der Waals surface area contributed by atoms with Crippen LogP contribution in [0.25, 0.3) is 0 Å². The van der Waals surface area contributed by atoms with Gasteiger partial charge in [0.2, 0.25) is 0 Å². The Morgan fingerprint density at radius 3 is 2.50 bits per heavy atom. The average molecular weight is 469 g/mol. The lowest BCUT2D eigenvalue weighted by atomic mass is 9.95. The molecule has 0 radical (unpaired) electrons. The van der Waals surface area contributed by atoms with Crippen molar-refractivity contribution in [3.05, 3.63) is 35.6 Å². The van der Waals surface area contributed by atoms with Crippen LogP contribution >= 0.6 is 24.0 Å². The molecule has 5 nitrogen and oxygen atoms in total. The summed E-state index contributed by atoms with van der Waals surface area (Å²) in [4.78, 5) is 4.52. The SMILES string of the molecule is CCNC(=NCC1(c2ccccc2F)CC1)NCCS(C)(=O)=O.I. The fraction of sp³-hybridized carbons (Fsp3) is 0.562. The first-order chi connectivity index (χ1) is 10.9. The first kappa shape index (κ1) is 21.1. The van der Waals surface area contributed by atoms with Crippen molar-refractivity contribution in [2.24, 2.45) is 4.99 Å². The van der Waals surface area contributed by atoms with E-state index in [-0.39, 0.29) is 41.0 Å².